The highest BCUT2D eigenvalue weighted by atomic mass is 16.6. The number of nitrogens with two attached hydrogens (primary N) is 1. The summed E-state index contributed by atoms with van der Waals surface area (Å²) in [6.07, 6.45) is 3.02. The Morgan fingerprint density at radius 1 is 1.53 bits per heavy atom. The Morgan fingerprint density at radius 3 is 2.68 bits per heavy atom. The second-order valence-corrected chi connectivity index (χ2v) is 6.34. The van der Waals surface area contributed by atoms with Crippen LogP contribution in [-0.4, -0.2) is 48.3 Å². The topological polar surface area (TPSA) is 67.6 Å². The van der Waals surface area contributed by atoms with Crippen molar-refractivity contribution < 1.29 is 9.53 Å². The summed E-state index contributed by atoms with van der Waals surface area (Å²) in [4.78, 5) is 14.0. The van der Waals surface area contributed by atoms with Crippen molar-refractivity contribution in [2.75, 3.05) is 19.6 Å². The van der Waals surface area contributed by atoms with Crippen LogP contribution in [0.5, 0.6) is 0 Å². The van der Waals surface area contributed by atoms with Gasteiger partial charge in [-0.25, -0.2) is 4.79 Å². The van der Waals surface area contributed by atoms with Crippen molar-refractivity contribution in [3.05, 3.63) is 0 Å². The molecule has 1 fully saturated rings. The van der Waals surface area contributed by atoms with Crippen molar-refractivity contribution in [1.29, 1.82) is 0 Å². The minimum absolute atomic E-state index is 0.349. The van der Waals surface area contributed by atoms with Crippen LogP contribution in [0.25, 0.3) is 0 Å². The second-order valence-electron chi connectivity index (χ2n) is 6.34. The van der Waals surface area contributed by atoms with Gasteiger partial charge in [0.1, 0.15) is 5.60 Å². The summed E-state index contributed by atoms with van der Waals surface area (Å²) >= 11 is 0. The van der Waals surface area contributed by atoms with Crippen LogP contribution in [0, 0.1) is 0 Å². The summed E-state index contributed by atoms with van der Waals surface area (Å²) in [7, 11) is 0. The highest BCUT2D eigenvalue weighted by Gasteiger charge is 2.26. The molecule has 1 aliphatic rings. The molecule has 0 radical (unpaired) electrons. The molecular formula is C14H29N3O2. The van der Waals surface area contributed by atoms with E-state index in [0.717, 1.165) is 13.0 Å². The standard InChI is InChI=1S/C14H29N3O2/c1-11-6-5-9-17(11)12(10-15)7-8-16-13(18)19-14(2,3)4/h11-12H,5-10,15H2,1-4H3,(H,16,18). The van der Waals surface area contributed by atoms with Crippen molar-refractivity contribution in [2.24, 2.45) is 5.73 Å². The van der Waals surface area contributed by atoms with Crippen LogP contribution in [0.15, 0.2) is 0 Å². The highest BCUT2D eigenvalue weighted by Crippen LogP contribution is 2.20. The highest BCUT2D eigenvalue weighted by molar-refractivity contribution is 5.67. The molecule has 2 unspecified atom stereocenters. The minimum Gasteiger partial charge on any atom is -0.444 e. The minimum atomic E-state index is -0.444. The molecule has 1 heterocycles. The number of hydrogen-bond donors (Lipinski definition) is 2. The Labute approximate surface area is 116 Å². The van der Waals surface area contributed by atoms with E-state index in [1.165, 1.54) is 12.8 Å². The lowest BCUT2D eigenvalue weighted by molar-refractivity contribution is 0.0521. The van der Waals surface area contributed by atoms with Gasteiger partial charge in [-0.1, -0.05) is 0 Å². The maximum Gasteiger partial charge on any atom is 0.407 e. The first-order chi connectivity index (χ1) is 8.83. The molecule has 0 aromatic rings. The maximum absolute atomic E-state index is 11.5. The number of carbonyl (C=O) groups is 1. The molecule has 1 rings (SSSR count). The van der Waals surface area contributed by atoms with Crippen LogP contribution >= 0.6 is 0 Å². The summed E-state index contributed by atoms with van der Waals surface area (Å²) in [5.41, 5.74) is 5.40. The quantitative estimate of drug-likeness (QED) is 0.799. The van der Waals surface area contributed by atoms with Crippen LogP contribution in [0.3, 0.4) is 0 Å². The van der Waals surface area contributed by atoms with Crippen molar-refractivity contribution in [3.8, 4) is 0 Å². The van der Waals surface area contributed by atoms with Gasteiger partial charge in [-0.15, -0.1) is 0 Å². The maximum atomic E-state index is 11.5. The van der Waals surface area contributed by atoms with E-state index < -0.39 is 5.60 Å². The number of amides is 1. The molecule has 0 aliphatic carbocycles. The summed E-state index contributed by atoms with van der Waals surface area (Å²) < 4.78 is 5.20. The van der Waals surface area contributed by atoms with Gasteiger partial charge in [0.05, 0.1) is 0 Å². The zero-order valence-corrected chi connectivity index (χ0v) is 12.7. The van der Waals surface area contributed by atoms with Gasteiger partial charge in [0.25, 0.3) is 0 Å². The molecule has 1 saturated heterocycles. The van der Waals surface area contributed by atoms with Gasteiger partial charge in [-0.2, -0.15) is 0 Å². The lowest BCUT2D eigenvalue weighted by atomic mass is 10.1. The Hall–Kier alpha value is -0.810. The number of likely N-dealkylation sites (tertiary alicyclic amines) is 1. The average molecular weight is 271 g/mol. The fraction of sp³-hybridized carbons (Fsp3) is 0.929. The molecule has 3 N–H and O–H groups in total. The Balaban J connectivity index is 2.28. The van der Waals surface area contributed by atoms with Crippen molar-refractivity contribution in [1.82, 2.24) is 10.2 Å². The third-order valence-corrected chi connectivity index (χ3v) is 3.49. The molecule has 1 amide bonds. The Kier molecular flexibility index (Phi) is 6.07. The first-order valence-electron chi connectivity index (χ1n) is 7.26. The predicted octanol–water partition coefficient (Wildman–Crippen LogP) is 1.71. The van der Waals surface area contributed by atoms with Crippen LogP contribution in [0.4, 0.5) is 4.79 Å². The lowest BCUT2D eigenvalue weighted by Crippen LogP contribution is -2.44. The first kappa shape index (κ1) is 16.2. The number of ether oxygens (including phenoxy) is 1. The molecular weight excluding hydrogens is 242 g/mol. The normalized spacial score (nSPS) is 22.3. The number of carbonyl (C=O) groups excluding carboxylic acids is 1. The van der Waals surface area contributed by atoms with E-state index in [-0.39, 0.29) is 6.09 Å². The van der Waals surface area contributed by atoms with Gasteiger partial charge in [-0.05, 0) is 53.5 Å². The number of rotatable bonds is 5. The van der Waals surface area contributed by atoms with E-state index in [9.17, 15) is 4.79 Å². The zero-order valence-electron chi connectivity index (χ0n) is 12.7. The third kappa shape index (κ3) is 5.78. The molecule has 0 bridgehead atoms. The molecule has 0 saturated carbocycles. The molecule has 0 aromatic carbocycles. The molecule has 5 nitrogen and oxygen atoms in total. The molecule has 5 heteroatoms. The SMILES string of the molecule is CC1CCCN1C(CN)CCNC(=O)OC(C)(C)C. The van der Waals surface area contributed by atoms with E-state index >= 15 is 0 Å². The number of alkyl carbamates (subject to hydrolysis) is 1. The smallest absolute Gasteiger partial charge is 0.407 e. The first-order valence-corrected chi connectivity index (χ1v) is 7.26. The van der Waals surface area contributed by atoms with Gasteiger partial charge in [0.15, 0.2) is 0 Å². The summed E-state index contributed by atoms with van der Waals surface area (Å²) in [5.74, 6) is 0. The summed E-state index contributed by atoms with van der Waals surface area (Å²) in [5, 5.41) is 2.80. The molecule has 112 valence electrons. The van der Waals surface area contributed by atoms with Crippen molar-refractivity contribution in [2.45, 2.75) is 64.6 Å². The van der Waals surface area contributed by atoms with Crippen LogP contribution in [0.2, 0.25) is 0 Å². The lowest BCUT2D eigenvalue weighted by Gasteiger charge is -2.30. The fourth-order valence-electron chi connectivity index (χ4n) is 2.57. The van der Waals surface area contributed by atoms with E-state index in [0.29, 0.717) is 25.2 Å². The monoisotopic (exact) mass is 271 g/mol. The van der Waals surface area contributed by atoms with E-state index in [4.69, 9.17) is 10.5 Å². The van der Waals surface area contributed by atoms with Gasteiger partial charge >= 0.3 is 6.09 Å². The number of hydrogen-bond acceptors (Lipinski definition) is 4. The van der Waals surface area contributed by atoms with Crippen molar-refractivity contribution >= 4 is 6.09 Å². The van der Waals surface area contributed by atoms with Gasteiger partial charge in [0, 0.05) is 25.2 Å². The van der Waals surface area contributed by atoms with Gasteiger partial charge in [-0.3, -0.25) is 4.90 Å². The average Bonchev–Trinajstić information content (AvgIpc) is 2.68. The van der Waals surface area contributed by atoms with Crippen LogP contribution in [0.1, 0.15) is 47.0 Å². The van der Waals surface area contributed by atoms with Gasteiger partial charge in [0.2, 0.25) is 0 Å². The van der Waals surface area contributed by atoms with E-state index in [1.54, 1.807) is 0 Å². The Morgan fingerprint density at radius 2 is 2.21 bits per heavy atom. The molecule has 0 aromatic heterocycles. The van der Waals surface area contributed by atoms with Crippen LogP contribution in [-0.2, 0) is 4.74 Å². The van der Waals surface area contributed by atoms with E-state index in [2.05, 4.69) is 17.1 Å². The van der Waals surface area contributed by atoms with Crippen molar-refractivity contribution in [3.63, 3.8) is 0 Å². The fourth-order valence-corrected chi connectivity index (χ4v) is 2.57. The number of nitrogens with one attached hydrogen (secondary N) is 1. The number of nitrogens with zero attached hydrogens (tertiary/aromatic N) is 1. The zero-order chi connectivity index (χ0) is 14.5. The predicted molar refractivity (Wildman–Crippen MR) is 77.1 cm³/mol. The Bertz CT molecular complexity index is 289. The van der Waals surface area contributed by atoms with E-state index in [1.807, 2.05) is 20.8 Å². The second kappa shape index (κ2) is 7.10. The van der Waals surface area contributed by atoms with Gasteiger partial charge < -0.3 is 15.8 Å². The molecule has 19 heavy (non-hydrogen) atoms. The summed E-state index contributed by atoms with van der Waals surface area (Å²) in [6, 6.07) is 0.961. The molecule has 1 aliphatic heterocycles. The molecule has 0 spiro atoms. The summed E-state index contributed by atoms with van der Waals surface area (Å²) in [6.45, 7) is 10.2. The molecule has 2 atom stereocenters. The largest absolute Gasteiger partial charge is 0.444 e. The third-order valence-electron chi connectivity index (χ3n) is 3.49. The van der Waals surface area contributed by atoms with Crippen LogP contribution < -0.4 is 11.1 Å².